The van der Waals surface area contributed by atoms with Crippen molar-refractivity contribution in [2.24, 2.45) is 0 Å². The Hall–Kier alpha value is -1.14. The lowest BCUT2D eigenvalue weighted by molar-refractivity contribution is -0.154. The van der Waals surface area contributed by atoms with Gasteiger partial charge in [0.2, 0.25) is 0 Å². The number of nitrogens with zero attached hydrogens (tertiary/aromatic N) is 1. The number of ether oxygens (including phenoxy) is 2. The second-order valence-electron chi connectivity index (χ2n) is 5.14. The van der Waals surface area contributed by atoms with E-state index in [1.54, 1.807) is 6.92 Å². The molecular formula is C13H21NO5. The molecule has 2 saturated heterocycles. The average molecular weight is 271 g/mol. The summed E-state index contributed by atoms with van der Waals surface area (Å²) in [6.07, 6.45) is 2.72. The highest BCUT2D eigenvalue weighted by Gasteiger charge is 2.36. The number of amides is 1. The van der Waals surface area contributed by atoms with Crippen LogP contribution in [0.4, 0.5) is 0 Å². The summed E-state index contributed by atoms with van der Waals surface area (Å²) >= 11 is 0. The zero-order chi connectivity index (χ0) is 13.8. The second kappa shape index (κ2) is 6.34. The minimum absolute atomic E-state index is 0.0732. The van der Waals surface area contributed by atoms with Gasteiger partial charge in [0.1, 0.15) is 12.1 Å². The maximum absolute atomic E-state index is 12.2. The van der Waals surface area contributed by atoms with Crippen LogP contribution in [-0.4, -0.2) is 59.9 Å². The molecule has 3 atom stereocenters. The van der Waals surface area contributed by atoms with E-state index in [2.05, 4.69) is 0 Å². The lowest BCUT2D eigenvalue weighted by Gasteiger charge is -2.25. The molecule has 2 fully saturated rings. The quantitative estimate of drug-likeness (QED) is 0.794. The summed E-state index contributed by atoms with van der Waals surface area (Å²) in [4.78, 5) is 24.6. The molecule has 0 aromatic heterocycles. The molecule has 2 rings (SSSR count). The number of carbonyl (C=O) groups is 2. The first-order valence-electron chi connectivity index (χ1n) is 6.86. The summed E-state index contributed by atoms with van der Waals surface area (Å²) in [6, 6.07) is -0.693. The third-order valence-corrected chi connectivity index (χ3v) is 3.72. The van der Waals surface area contributed by atoms with Crippen LogP contribution in [0.1, 0.15) is 32.6 Å². The van der Waals surface area contributed by atoms with Gasteiger partial charge in [-0.1, -0.05) is 0 Å². The highest BCUT2D eigenvalue weighted by Crippen LogP contribution is 2.20. The smallest absolute Gasteiger partial charge is 0.326 e. The van der Waals surface area contributed by atoms with E-state index < -0.39 is 18.1 Å². The minimum atomic E-state index is -0.933. The molecule has 6 heteroatoms. The van der Waals surface area contributed by atoms with Crippen molar-refractivity contribution in [1.82, 2.24) is 4.90 Å². The lowest BCUT2D eigenvalue weighted by Crippen LogP contribution is -2.45. The summed E-state index contributed by atoms with van der Waals surface area (Å²) in [5.74, 6) is -1.17. The fraction of sp³-hybridized carbons (Fsp3) is 0.846. The maximum atomic E-state index is 12.2. The molecule has 0 spiro atoms. The van der Waals surface area contributed by atoms with E-state index >= 15 is 0 Å². The number of carboxylic acid groups (broad SMARTS) is 1. The van der Waals surface area contributed by atoms with Crippen LogP contribution < -0.4 is 0 Å². The van der Waals surface area contributed by atoms with Gasteiger partial charge >= 0.3 is 5.97 Å². The van der Waals surface area contributed by atoms with Gasteiger partial charge in [0, 0.05) is 13.2 Å². The van der Waals surface area contributed by atoms with Gasteiger partial charge in [-0.3, -0.25) is 4.79 Å². The van der Waals surface area contributed by atoms with Crippen LogP contribution in [0.15, 0.2) is 0 Å². The van der Waals surface area contributed by atoms with Crippen molar-refractivity contribution >= 4 is 11.9 Å². The highest BCUT2D eigenvalue weighted by molar-refractivity contribution is 5.86. The van der Waals surface area contributed by atoms with Crippen molar-refractivity contribution in [1.29, 1.82) is 0 Å². The molecular weight excluding hydrogens is 250 g/mol. The van der Waals surface area contributed by atoms with Gasteiger partial charge in [0.05, 0.1) is 12.7 Å². The first-order chi connectivity index (χ1) is 9.09. The van der Waals surface area contributed by atoms with Gasteiger partial charge < -0.3 is 19.5 Å². The number of rotatable bonds is 5. The molecule has 108 valence electrons. The SMILES string of the molecule is CC(OCC1CCCO1)C(=O)N1CCC[C@@H]1C(=O)O. The molecule has 1 N–H and O–H groups in total. The zero-order valence-corrected chi connectivity index (χ0v) is 11.2. The van der Waals surface area contributed by atoms with E-state index in [9.17, 15) is 9.59 Å². The van der Waals surface area contributed by atoms with Crippen molar-refractivity contribution in [3.63, 3.8) is 0 Å². The molecule has 0 aliphatic carbocycles. The number of likely N-dealkylation sites (tertiary alicyclic amines) is 1. The molecule has 19 heavy (non-hydrogen) atoms. The fourth-order valence-electron chi connectivity index (χ4n) is 2.62. The molecule has 6 nitrogen and oxygen atoms in total. The maximum Gasteiger partial charge on any atom is 0.326 e. The molecule has 0 radical (unpaired) electrons. The number of aliphatic carboxylic acids is 1. The van der Waals surface area contributed by atoms with E-state index in [-0.39, 0.29) is 12.0 Å². The Morgan fingerprint density at radius 2 is 2.21 bits per heavy atom. The fourth-order valence-corrected chi connectivity index (χ4v) is 2.62. The van der Waals surface area contributed by atoms with Crippen molar-refractivity contribution in [3.8, 4) is 0 Å². The summed E-state index contributed by atoms with van der Waals surface area (Å²) in [5, 5.41) is 9.06. The van der Waals surface area contributed by atoms with E-state index in [0.29, 0.717) is 19.6 Å². The Morgan fingerprint density at radius 3 is 2.84 bits per heavy atom. The number of hydrogen-bond donors (Lipinski definition) is 1. The highest BCUT2D eigenvalue weighted by atomic mass is 16.5. The Balaban J connectivity index is 1.82. The Bertz CT molecular complexity index is 340. The molecule has 0 aromatic rings. The number of hydrogen-bond acceptors (Lipinski definition) is 4. The van der Waals surface area contributed by atoms with Crippen molar-refractivity contribution in [3.05, 3.63) is 0 Å². The van der Waals surface area contributed by atoms with Crippen LogP contribution >= 0.6 is 0 Å². The Labute approximate surface area is 112 Å². The summed E-state index contributed by atoms with van der Waals surface area (Å²) in [7, 11) is 0. The number of carboxylic acids is 1. The molecule has 0 saturated carbocycles. The van der Waals surface area contributed by atoms with Gasteiger partial charge in [-0.15, -0.1) is 0 Å². The van der Waals surface area contributed by atoms with Crippen LogP contribution in [0.2, 0.25) is 0 Å². The van der Waals surface area contributed by atoms with Gasteiger partial charge in [0.15, 0.2) is 0 Å². The van der Waals surface area contributed by atoms with Crippen LogP contribution in [-0.2, 0) is 19.1 Å². The van der Waals surface area contributed by atoms with Crippen molar-refractivity contribution in [2.75, 3.05) is 19.8 Å². The topological polar surface area (TPSA) is 76.1 Å². The predicted octanol–water partition coefficient (Wildman–Crippen LogP) is 0.646. The largest absolute Gasteiger partial charge is 0.480 e. The Morgan fingerprint density at radius 1 is 1.42 bits per heavy atom. The van der Waals surface area contributed by atoms with E-state index in [4.69, 9.17) is 14.6 Å². The van der Waals surface area contributed by atoms with Gasteiger partial charge in [0.25, 0.3) is 5.91 Å². The molecule has 2 aliphatic rings. The predicted molar refractivity (Wildman–Crippen MR) is 66.8 cm³/mol. The summed E-state index contributed by atoms with van der Waals surface area (Å²) in [6.45, 7) is 3.33. The van der Waals surface area contributed by atoms with E-state index in [1.807, 2.05) is 0 Å². The monoisotopic (exact) mass is 271 g/mol. The molecule has 2 heterocycles. The van der Waals surface area contributed by atoms with Gasteiger partial charge in [-0.05, 0) is 32.6 Å². The van der Waals surface area contributed by atoms with Crippen LogP contribution in [0.5, 0.6) is 0 Å². The number of carbonyl (C=O) groups excluding carboxylic acids is 1. The molecule has 0 bridgehead atoms. The van der Waals surface area contributed by atoms with Crippen molar-refractivity contribution in [2.45, 2.75) is 50.9 Å². The van der Waals surface area contributed by atoms with Gasteiger partial charge in [-0.2, -0.15) is 0 Å². The standard InChI is InChI=1S/C13H21NO5/c1-9(19-8-10-4-3-7-18-10)12(15)14-6-2-5-11(14)13(16)17/h9-11H,2-8H2,1H3,(H,16,17)/t9?,10?,11-/m1/s1. The molecule has 1 amide bonds. The summed E-state index contributed by atoms with van der Waals surface area (Å²) < 4.78 is 10.9. The first-order valence-corrected chi connectivity index (χ1v) is 6.86. The van der Waals surface area contributed by atoms with E-state index in [1.165, 1.54) is 4.90 Å². The van der Waals surface area contributed by atoms with Crippen molar-refractivity contribution < 1.29 is 24.2 Å². The molecule has 0 aromatic carbocycles. The molecule has 2 aliphatic heterocycles. The lowest BCUT2D eigenvalue weighted by atomic mass is 10.2. The van der Waals surface area contributed by atoms with Crippen LogP contribution in [0.3, 0.4) is 0 Å². The molecule has 2 unspecified atom stereocenters. The zero-order valence-electron chi connectivity index (χ0n) is 11.2. The second-order valence-corrected chi connectivity index (χ2v) is 5.14. The third kappa shape index (κ3) is 3.45. The third-order valence-electron chi connectivity index (χ3n) is 3.72. The average Bonchev–Trinajstić information content (AvgIpc) is 3.05. The first kappa shape index (κ1) is 14.3. The Kier molecular flexibility index (Phi) is 4.76. The summed E-state index contributed by atoms with van der Waals surface area (Å²) in [5.41, 5.74) is 0. The van der Waals surface area contributed by atoms with Crippen LogP contribution in [0, 0.1) is 0 Å². The van der Waals surface area contributed by atoms with Crippen LogP contribution in [0.25, 0.3) is 0 Å². The van der Waals surface area contributed by atoms with E-state index in [0.717, 1.165) is 25.9 Å². The minimum Gasteiger partial charge on any atom is -0.480 e. The normalized spacial score (nSPS) is 28.6. The van der Waals surface area contributed by atoms with Gasteiger partial charge in [-0.25, -0.2) is 4.79 Å².